The van der Waals surface area contributed by atoms with Crippen LogP contribution in [0.15, 0.2) is 103 Å². The van der Waals surface area contributed by atoms with Gasteiger partial charge in [0.25, 0.3) is 0 Å². The summed E-state index contributed by atoms with van der Waals surface area (Å²) in [5, 5.41) is 1.21. The van der Waals surface area contributed by atoms with Gasteiger partial charge >= 0.3 is 0 Å². The molecule has 158 valence electrons. The molecule has 5 rings (SSSR count). The number of methoxy groups -OCH3 is 1. The van der Waals surface area contributed by atoms with Gasteiger partial charge in [0.15, 0.2) is 0 Å². The molecule has 1 heterocycles. The topological polar surface area (TPSA) is 23.4 Å². The van der Waals surface area contributed by atoms with Gasteiger partial charge in [-0.2, -0.15) is 0 Å². The third-order valence-electron chi connectivity index (χ3n) is 5.82. The van der Waals surface area contributed by atoms with E-state index >= 15 is 0 Å². The quantitative estimate of drug-likeness (QED) is 0.291. The monoisotopic (exact) mass is 419 g/mol. The summed E-state index contributed by atoms with van der Waals surface area (Å²) in [6.45, 7) is 2.73. The molecule has 0 saturated heterocycles. The van der Waals surface area contributed by atoms with E-state index in [1.807, 2.05) is 36.4 Å². The zero-order valence-electron chi connectivity index (χ0n) is 18.3. The van der Waals surface area contributed by atoms with Crippen molar-refractivity contribution in [2.75, 3.05) is 7.11 Å². The molecule has 3 nitrogen and oxygen atoms in total. The van der Waals surface area contributed by atoms with E-state index < -0.39 is 0 Å². The molecule has 0 aliphatic heterocycles. The maximum Gasteiger partial charge on any atom is 0.121 e. The van der Waals surface area contributed by atoms with E-state index in [2.05, 4.69) is 78.2 Å². The number of nitrogens with zero attached hydrogens (tertiary/aromatic N) is 1. The lowest BCUT2D eigenvalue weighted by atomic mass is 10.1. The van der Waals surface area contributed by atoms with Gasteiger partial charge in [-0.3, -0.25) is 0 Å². The number of ether oxygens (including phenoxy) is 2. The summed E-state index contributed by atoms with van der Waals surface area (Å²) in [5.74, 6) is 1.71. The molecule has 4 aromatic carbocycles. The number of aromatic nitrogens is 1. The van der Waals surface area contributed by atoms with Crippen molar-refractivity contribution < 1.29 is 9.47 Å². The van der Waals surface area contributed by atoms with Crippen LogP contribution in [0.1, 0.15) is 11.1 Å². The Morgan fingerprint density at radius 3 is 2.06 bits per heavy atom. The molecule has 0 aliphatic rings. The third-order valence-corrected chi connectivity index (χ3v) is 5.82. The average Bonchev–Trinajstić information content (AvgIpc) is 3.15. The van der Waals surface area contributed by atoms with E-state index in [4.69, 9.17) is 9.47 Å². The summed E-state index contributed by atoms with van der Waals surface area (Å²) in [6.07, 6.45) is 0. The van der Waals surface area contributed by atoms with Crippen LogP contribution >= 0.6 is 0 Å². The van der Waals surface area contributed by atoms with Gasteiger partial charge in [-0.1, -0.05) is 48.5 Å². The highest BCUT2D eigenvalue weighted by atomic mass is 16.5. The molecule has 0 fully saturated rings. The standard InChI is InChI=1S/C29H25NO2/c1-21-27-18-17-26(32-20-22-9-5-3-6-10-22)19-28(27)30(24-11-7-4-8-12-24)29(21)23-13-15-25(31-2)16-14-23/h3-19H,20H2,1-2H3. The predicted octanol–water partition coefficient (Wildman–Crippen LogP) is 7.19. The number of para-hydroxylation sites is 1. The van der Waals surface area contributed by atoms with Gasteiger partial charge in [0.05, 0.1) is 18.3 Å². The zero-order valence-corrected chi connectivity index (χ0v) is 18.3. The van der Waals surface area contributed by atoms with E-state index in [1.165, 1.54) is 16.6 Å². The van der Waals surface area contributed by atoms with Gasteiger partial charge in [-0.05, 0) is 72.1 Å². The molecule has 1 aromatic heterocycles. The molecule has 0 aliphatic carbocycles. The molecule has 0 amide bonds. The molecule has 0 bridgehead atoms. The first-order chi connectivity index (χ1) is 15.7. The third kappa shape index (κ3) is 3.74. The maximum absolute atomic E-state index is 6.15. The van der Waals surface area contributed by atoms with E-state index in [0.717, 1.165) is 33.8 Å². The van der Waals surface area contributed by atoms with Gasteiger partial charge in [-0.25, -0.2) is 0 Å². The molecular weight excluding hydrogens is 394 g/mol. The molecule has 0 N–H and O–H groups in total. The van der Waals surface area contributed by atoms with Gasteiger partial charge < -0.3 is 14.0 Å². The summed E-state index contributed by atoms with van der Waals surface area (Å²) in [6, 6.07) is 35.4. The van der Waals surface area contributed by atoms with Crippen LogP contribution in [0.3, 0.4) is 0 Å². The first-order valence-electron chi connectivity index (χ1n) is 10.8. The Kier molecular flexibility index (Phi) is 5.39. The van der Waals surface area contributed by atoms with Gasteiger partial charge in [0, 0.05) is 17.1 Å². The second-order valence-electron chi connectivity index (χ2n) is 7.83. The molecule has 0 unspecified atom stereocenters. The zero-order chi connectivity index (χ0) is 21.9. The maximum atomic E-state index is 6.15. The Bertz CT molecular complexity index is 1340. The second kappa shape index (κ2) is 8.64. The molecular formula is C29H25NO2. The fraction of sp³-hybridized carbons (Fsp3) is 0.103. The molecule has 5 aromatic rings. The normalized spacial score (nSPS) is 10.9. The van der Waals surface area contributed by atoms with E-state index in [-0.39, 0.29) is 0 Å². The van der Waals surface area contributed by atoms with Crippen LogP contribution in [0.2, 0.25) is 0 Å². The predicted molar refractivity (Wildman–Crippen MR) is 131 cm³/mol. The first kappa shape index (κ1) is 20.0. The highest BCUT2D eigenvalue weighted by Gasteiger charge is 2.18. The van der Waals surface area contributed by atoms with Crippen molar-refractivity contribution in [2.24, 2.45) is 0 Å². The van der Waals surface area contributed by atoms with Gasteiger partial charge in [-0.15, -0.1) is 0 Å². The molecule has 0 radical (unpaired) electrons. The summed E-state index contributed by atoms with van der Waals surface area (Å²) in [5.41, 5.74) is 6.97. The Labute approximate surface area is 188 Å². The average molecular weight is 420 g/mol. The van der Waals surface area contributed by atoms with Crippen molar-refractivity contribution in [3.05, 3.63) is 114 Å². The fourth-order valence-corrected chi connectivity index (χ4v) is 4.20. The number of fused-ring (bicyclic) bond motifs is 1. The van der Waals surface area contributed by atoms with Crippen molar-refractivity contribution in [3.8, 4) is 28.4 Å². The second-order valence-corrected chi connectivity index (χ2v) is 7.83. The number of rotatable bonds is 6. The molecule has 0 spiro atoms. The Hall–Kier alpha value is -3.98. The van der Waals surface area contributed by atoms with E-state index in [1.54, 1.807) is 7.11 Å². The minimum absolute atomic E-state index is 0.544. The van der Waals surface area contributed by atoms with Crippen LogP contribution in [-0.2, 0) is 6.61 Å². The molecule has 3 heteroatoms. The van der Waals surface area contributed by atoms with Crippen LogP contribution < -0.4 is 9.47 Å². The van der Waals surface area contributed by atoms with E-state index in [0.29, 0.717) is 6.61 Å². The first-order valence-corrected chi connectivity index (χ1v) is 10.8. The summed E-state index contributed by atoms with van der Waals surface area (Å²) in [4.78, 5) is 0. The minimum Gasteiger partial charge on any atom is -0.497 e. The van der Waals surface area contributed by atoms with Crippen molar-refractivity contribution in [1.29, 1.82) is 0 Å². The lowest BCUT2D eigenvalue weighted by Crippen LogP contribution is -1.98. The van der Waals surface area contributed by atoms with Crippen LogP contribution in [0.25, 0.3) is 27.8 Å². The Morgan fingerprint density at radius 1 is 0.719 bits per heavy atom. The minimum atomic E-state index is 0.544. The summed E-state index contributed by atoms with van der Waals surface area (Å²) >= 11 is 0. The molecule has 32 heavy (non-hydrogen) atoms. The summed E-state index contributed by atoms with van der Waals surface area (Å²) in [7, 11) is 1.69. The highest BCUT2D eigenvalue weighted by Crippen LogP contribution is 2.38. The SMILES string of the molecule is COc1ccc(-c2c(C)c3ccc(OCc4ccccc4)cc3n2-c2ccccc2)cc1. The van der Waals surface area contributed by atoms with Crippen molar-refractivity contribution in [3.63, 3.8) is 0 Å². The van der Waals surface area contributed by atoms with Crippen molar-refractivity contribution in [2.45, 2.75) is 13.5 Å². The Morgan fingerprint density at radius 2 is 1.38 bits per heavy atom. The number of hydrogen-bond acceptors (Lipinski definition) is 2. The van der Waals surface area contributed by atoms with Gasteiger partial charge in [0.1, 0.15) is 18.1 Å². The fourth-order valence-electron chi connectivity index (χ4n) is 4.20. The smallest absolute Gasteiger partial charge is 0.121 e. The van der Waals surface area contributed by atoms with Crippen LogP contribution in [0.4, 0.5) is 0 Å². The lowest BCUT2D eigenvalue weighted by Gasteiger charge is -2.13. The number of benzene rings is 4. The summed E-state index contributed by atoms with van der Waals surface area (Å²) < 4.78 is 13.8. The van der Waals surface area contributed by atoms with Crippen molar-refractivity contribution in [1.82, 2.24) is 4.57 Å². The molecule has 0 atom stereocenters. The molecule has 0 saturated carbocycles. The number of hydrogen-bond donors (Lipinski definition) is 0. The van der Waals surface area contributed by atoms with Gasteiger partial charge in [0.2, 0.25) is 0 Å². The highest BCUT2D eigenvalue weighted by molar-refractivity contribution is 5.94. The lowest BCUT2D eigenvalue weighted by molar-refractivity contribution is 0.306. The van der Waals surface area contributed by atoms with Crippen LogP contribution in [0, 0.1) is 6.92 Å². The number of aryl methyl sites for hydroxylation is 1. The van der Waals surface area contributed by atoms with Crippen molar-refractivity contribution >= 4 is 10.9 Å². The van der Waals surface area contributed by atoms with E-state index in [9.17, 15) is 0 Å². The van der Waals surface area contributed by atoms with Crippen LogP contribution in [0.5, 0.6) is 11.5 Å². The Balaban J connectivity index is 1.64. The van der Waals surface area contributed by atoms with Crippen LogP contribution in [-0.4, -0.2) is 11.7 Å². The largest absolute Gasteiger partial charge is 0.497 e.